The molecule has 0 spiro atoms. The van der Waals surface area contributed by atoms with Gasteiger partial charge in [-0.3, -0.25) is 4.79 Å². The van der Waals surface area contributed by atoms with E-state index in [0.29, 0.717) is 12.5 Å². The maximum absolute atomic E-state index is 11.6. The van der Waals surface area contributed by atoms with Crippen LogP contribution >= 0.6 is 0 Å². The first-order valence-corrected chi connectivity index (χ1v) is 5.41. The van der Waals surface area contributed by atoms with E-state index in [1.54, 1.807) is 0 Å². The van der Waals surface area contributed by atoms with Gasteiger partial charge in [0.05, 0.1) is 5.41 Å². The number of carbonyl (C=O) groups excluding carboxylic acids is 1. The molecule has 1 unspecified atom stereocenters. The van der Waals surface area contributed by atoms with E-state index in [1.807, 2.05) is 0 Å². The van der Waals surface area contributed by atoms with Crippen LogP contribution in [0, 0.1) is 11.3 Å². The van der Waals surface area contributed by atoms with Gasteiger partial charge < -0.3 is 16.4 Å². The summed E-state index contributed by atoms with van der Waals surface area (Å²) in [5.41, 5.74) is 10.9. The summed E-state index contributed by atoms with van der Waals surface area (Å²) >= 11 is 0. The van der Waals surface area contributed by atoms with E-state index in [-0.39, 0.29) is 5.91 Å². The van der Waals surface area contributed by atoms with Crippen LogP contribution < -0.4 is 11.5 Å². The fourth-order valence-corrected chi connectivity index (χ4v) is 2.96. The molecule has 14 heavy (non-hydrogen) atoms. The predicted octanol–water partition coefficient (Wildman–Crippen LogP) is -0.468. The molecule has 0 aromatic rings. The third-order valence-electron chi connectivity index (χ3n) is 4.10. The van der Waals surface area contributed by atoms with Crippen molar-refractivity contribution in [3.63, 3.8) is 0 Å². The zero-order valence-electron chi connectivity index (χ0n) is 8.54. The van der Waals surface area contributed by atoms with Gasteiger partial charge in [-0.25, -0.2) is 0 Å². The van der Waals surface area contributed by atoms with Gasteiger partial charge in [-0.2, -0.15) is 0 Å². The minimum atomic E-state index is -0.411. The van der Waals surface area contributed by atoms with Gasteiger partial charge >= 0.3 is 0 Å². The Morgan fingerprint density at radius 1 is 1.36 bits per heavy atom. The van der Waals surface area contributed by atoms with E-state index >= 15 is 0 Å². The summed E-state index contributed by atoms with van der Waals surface area (Å²) in [4.78, 5) is 14.0. The molecule has 1 atom stereocenters. The molecule has 0 saturated carbocycles. The van der Waals surface area contributed by atoms with E-state index in [1.165, 1.54) is 0 Å². The summed E-state index contributed by atoms with van der Waals surface area (Å²) in [7, 11) is 0. The van der Waals surface area contributed by atoms with Gasteiger partial charge in [0.15, 0.2) is 0 Å². The zero-order chi connectivity index (χ0) is 10.2. The fourth-order valence-electron chi connectivity index (χ4n) is 2.96. The van der Waals surface area contributed by atoms with E-state index in [4.69, 9.17) is 11.5 Å². The van der Waals surface area contributed by atoms with Crippen molar-refractivity contribution in [2.75, 3.05) is 26.2 Å². The molecule has 3 rings (SSSR count). The molecule has 3 heterocycles. The van der Waals surface area contributed by atoms with Crippen molar-refractivity contribution in [2.45, 2.75) is 19.3 Å². The Kier molecular flexibility index (Phi) is 2.49. The first-order chi connectivity index (χ1) is 6.69. The Labute approximate surface area is 84.6 Å². The number of hydrogen-bond acceptors (Lipinski definition) is 3. The lowest BCUT2D eigenvalue weighted by molar-refractivity contribution is -0.130. The number of amides is 1. The number of carbonyl (C=O) groups is 1. The van der Waals surface area contributed by atoms with Gasteiger partial charge in [-0.1, -0.05) is 0 Å². The SMILES string of the molecule is NCC1(C(N)=O)CCN2CCC1CC2. The summed E-state index contributed by atoms with van der Waals surface area (Å²) in [6, 6.07) is 0. The molecule has 3 aliphatic heterocycles. The quantitative estimate of drug-likeness (QED) is 0.629. The number of nitrogens with zero attached hydrogens (tertiary/aromatic N) is 1. The lowest BCUT2D eigenvalue weighted by Gasteiger charge is -2.36. The van der Waals surface area contributed by atoms with Crippen molar-refractivity contribution in [2.24, 2.45) is 22.8 Å². The van der Waals surface area contributed by atoms with Crippen LogP contribution in [0.5, 0.6) is 0 Å². The second-order valence-corrected chi connectivity index (χ2v) is 4.59. The lowest BCUT2D eigenvalue weighted by atomic mass is 9.70. The molecule has 4 nitrogen and oxygen atoms in total. The van der Waals surface area contributed by atoms with Crippen molar-refractivity contribution in [1.82, 2.24) is 4.90 Å². The van der Waals surface area contributed by atoms with Gasteiger partial charge in [0.1, 0.15) is 0 Å². The highest BCUT2D eigenvalue weighted by molar-refractivity contribution is 5.81. The Morgan fingerprint density at radius 3 is 2.50 bits per heavy atom. The van der Waals surface area contributed by atoms with Gasteiger partial charge in [0.25, 0.3) is 0 Å². The molecular weight excluding hydrogens is 178 g/mol. The third-order valence-corrected chi connectivity index (χ3v) is 4.10. The summed E-state index contributed by atoms with van der Waals surface area (Å²) in [5, 5.41) is 0. The summed E-state index contributed by atoms with van der Waals surface area (Å²) in [6.07, 6.45) is 3.02. The van der Waals surface area contributed by atoms with E-state index < -0.39 is 5.41 Å². The van der Waals surface area contributed by atoms with Crippen molar-refractivity contribution >= 4 is 5.91 Å². The van der Waals surface area contributed by atoms with Crippen LogP contribution in [0.2, 0.25) is 0 Å². The van der Waals surface area contributed by atoms with Crippen LogP contribution in [0.1, 0.15) is 19.3 Å². The van der Waals surface area contributed by atoms with E-state index in [9.17, 15) is 4.79 Å². The molecule has 3 fully saturated rings. The number of rotatable bonds is 2. The molecule has 4 N–H and O–H groups in total. The first kappa shape index (κ1) is 9.93. The number of piperidine rings is 1. The monoisotopic (exact) mass is 197 g/mol. The highest BCUT2D eigenvalue weighted by Gasteiger charge is 2.46. The Hall–Kier alpha value is -0.610. The molecule has 0 aliphatic carbocycles. The number of fused-ring (bicyclic) bond motifs is 4. The van der Waals surface area contributed by atoms with Crippen molar-refractivity contribution < 1.29 is 4.79 Å². The summed E-state index contributed by atoms with van der Waals surface area (Å²) < 4.78 is 0. The fraction of sp³-hybridized carbons (Fsp3) is 0.900. The molecule has 0 aromatic carbocycles. The normalized spacial score (nSPS) is 42.1. The molecule has 2 bridgehead atoms. The van der Waals surface area contributed by atoms with Crippen LogP contribution in [0.15, 0.2) is 0 Å². The molecule has 3 aliphatic rings. The lowest BCUT2D eigenvalue weighted by Crippen LogP contribution is -2.48. The van der Waals surface area contributed by atoms with Gasteiger partial charge in [0, 0.05) is 6.54 Å². The van der Waals surface area contributed by atoms with Crippen LogP contribution in [-0.4, -0.2) is 37.0 Å². The smallest absolute Gasteiger partial charge is 0.225 e. The van der Waals surface area contributed by atoms with Gasteiger partial charge in [-0.15, -0.1) is 0 Å². The van der Waals surface area contributed by atoms with Crippen molar-refractivity contribution in [3.05, 3.63) is 0 Å². The third kappa shape index (κ3) is 1.33. The topological polar surface area (TPSA) is 72.3 Å². The molecule has 4 heteroatoms. The van der Waals surface area contributed by atoms with Crippen LogP contribution in [-0.2, 0) is 4.79 Å². The second kappa shape index (κ2) is 3.51. The number of nitrogens with two attached hydrogens (primary N) is 2. The Morgan fingerprint density at radius 2 is 2.00 bits per heavy atom. The van der Waals surface area contributed by atoms with Crippen LogP contribution in [0.3, 0.4) is 0 Å². The standard InChI is InChI=1S/C10H19N3O/c11-7-10(9(12)14)3-6-13-4-1-8(10)2-5-13/h8H,1-7,11H2,(H2,12,14). The summed E-state index contributed by atoms with van der Waals surface area (Å²) in [6.45, 7) is 3.62. The molecular formula is C10H19N3O. The molecule has 3 saturated heterocycles. The average Bonchev–Trinajstić information content (AvgIpc) is 2.48. The number of hydrogen-bond donors (Lipinski definition) is 2. The average molecular weight is 197 g/mol. The Bertz CT molecular complexity index is 236. The second-order valence-electron chi connectivity index (χ2n) is 4.59. The predicted molar refractivity (Wildman–Crippen MR) is 54.5 cm³/mol. The minimum absolute atomic E-state index is 0.186. The van der Waals surface area contributed by atoms with Crippen LogP contribution in [0.4, 0.5) is 0 Å². The van der Waals surface area contributed by atoms with E-state index in [2.05, 4.69) is 4.90 Å². The first-order valence-electron chi connectivity index (χ1n) is 5.41. The molecule has 0 radical (unpaired) electrons. The van der Waals surface area contributed by atoms with Crippen molar-refractivity contribution in [1.29, 1.82) is 0 Å². The zero-order valence-corrected chi connectivity index (χ0v) is 8.54. The summed E-state index contributed by atoms with van der Waals surface area (Å²) in [5.74, 6) is 0.234. The van der Waals surface area contributed by atoms with Gasteiger partial charge in [-0.05, 0) is 44.8 Å². The number of primary amides is 1. The largest absolute Gasteiger partial charge is 0.369 e. The molecule has 0 aromatic heterocycles. The molecule has 1 amide bonds. The van der Waals surface area contributed by atoms with Crippen molar-refractivity contribution in [3.8, 4) is 0 Å². The maximum atomic E-state index is 11.6. The maximum Gasteiger partial charge on any atom is 0.225 e. The van der Waals surface area contributed by atoms with Gasteiger partial charge in [0.2, 0.25) is 5.91 Å². The minimum Gasteiger partial charge on any atom is -0.369 e. The van der Waals surface area contributed by atoms with E-state index in [0.717, 1.165) is 38.9 Å². The van der Waals surface area contributed by atoms with Crippen LogP contribution in [0.25, 0.3) is 0 Å². The highest BCUT2D eigenvalue weighted by atomic mass is 16.1. The highest BCUT2D eigenvalue weighted by Crippen LogP contribution is 2.41. The Balaban J connectivity index is 2.27. The molecule has 80 valence electrons.